The van der Waals surface area contributed by atoms with Gasteiger partial charge in [0, 0.05) is 38.2 Å². The van der Waals surface area contributed by atoms with Crippen LogP contribution in [0.1, 0.15) is 22.3 Å². The third-order valence-electron chi connectivity index (χ3n) is 16.4. The predicted octanol–water partition coefficient (Wildman–Crippen LogP) is 19.0. The zero-order valence-corrected chi connectivity index (χ0v) is 38.3. The fourth-order valence-corrected chi connectivity index (χ4v) is 13.6. The summed E-state index contributed by atoms with van der Waals surface area (Å²) in [6.45, 7) is 0. The number of hydrogen-bond acceptors (Lipinski definition) is 2. The summed E-state index contributed by atoms with van der Waals surface area (Å²) in [6, 6.07) is 85.7. The lowest BCUT2D eigenvalue weighted by Gasteiger charge is -2.34. The summed E-state index contributed by atoms with van der Waals surface area (Å²) in [5, 5.41) is 19.5. The van der Waals surface area contributed by atoms with Crippen LogP contribution in [-0.2, 0) is 5.41 Å². The Hall–Kier alpha value is -9.24. The molecule has 0 atom stereocenters. The van der Waals surface area contributed by atoms with Gasteiger partial charge in [-0.2, -0.15) is 0 Å². The molecule has 1 aliphatic rings. The molecule has 17 rings (SSSR count). The highest BCUT2D eigenvalue weighted by atomic mass is 16.3. The van der Waals surface area contributed by atoms with Crippen molar-refractivity contribution in [1.29, 1.82) is 0 Å². The zero-order valence-electron chi connectivity index (χ0n) is 38.3. The molecular formula is C69H38O2. The second kappa shape index (κ2) is 13.5. The van der Waals surface area contributed by atoms with E-state index in [1.54, 1.807) is 0 Å². The first-order chi connectivity index (χ1) is 35.2. The van der Waals surface area contributed by atoms with Crippen molar-refractivity contribution < 1.29 is 8.83 Å². The lowest BCUT2D eigenvalue weighted by Crippen LogP contribution is -2.28. The third kappa shape index (κ3) is 4.72. The highest BCUT2D eigenvalue weighted by Crippen LogP contribution is 2.64. The minimum atomic E-state index is -0.788. The highest BCUT2D eigenvalue weighted by molar-refractivity contribution is 6.31. The van der Waals surface area contributed by atoms with Crippen molar-refractivity contribution in [2.24, 2.45) is 0 Å². The van der Waals surface area contributed by atoms with E-state index in [9.17, 15) is 0 Å². The van der Waals surface area contributed by atoms with E-state index in [1.807, 2.05) is 0 Å². The third-order valence-corrected chi connectivity index (χ3v) is 16.4. The van der Waals surface area contributed by atoms with E-state index >= 15 is 0 Å². The SMILES string of the molecule is c1ccc(C2(c3ccccc3)c3cc(-c4ccc5ccc6cccc7ccc4c5c67)c4c(oc5ccccc54)c3-c3c2cc(-c2ccc4ccc5cccc6ccc2c4c56)c2oc4ccccc4c32)cc1. The van der Waals surface area contributed by atoms with Crippen LogP contribution >= 0.6 is 0 Å². The predicted molar refractivity (Wildman–Crippen MR) is 297 cm³/mol. The zero-order chi connectivity index (χ0) is 46.1. The summed E-state index contributed by atoms with van der Waals surface area (Å²) in [4.78, 5) is 0. The quantitative estimate of drug-likeness (QED) is 0.165. The second-order valence-electron chi connectivity index (χ2n) is 19.7. The normalized spacial score (nSPS) is 13.5. The molecule has 2 heteroatoms. The van der Waals surface area contributed by atoms with Gasteiger partial charge in [-0.3, -0.25) is 0 Å². The Morgan fingerprint density at radius 3 is 1.24 bits per heavy atom. The fraction of sp³-hybridized carbons (Fsp3) is 0.0145. The molecule has 0 spiro atoms. The molecular weight excluding hydrogens is 861 g/mol. The summed E-state index contributed by atoms with van der Waals surface area (Å²) in [5.41, 5.74) is 14.3. The number of furan rings is 2. The molecule has 16 aromatic rings. The molecule has 71 heavy (non-hydrogen) atoms. The monoisotopic (exact) mass is 898 g/mol. The van der Waals surface area contributed by atoms with Crippen molar-refractivity contribution in [3.8, 4) is 33.4 Å². The van der Waals surface area contributed by atoms with Crippen molar-refractivity contribution >= 4 is 109 Å². The first kappa shape index (κ1) is 37.7. The Bertz CT molecular complexity index is 4850. The van der Waals surface area contributed by atoms with Gasteiger partial charge in [0.05, 0.1) is 5.41 Å². The number of benzene rings is 14. The lowest BCUT2D eigenvalue weighted by atomic mass is 9.67. The summed E-state index contributed by atoms with van der Waals surface area (Å²) in [7, 11) is 0. The molecule has 0 amide bonds. The molecule has 2 nitrogen and oxygen atoms in total. The van der Waals surface area contributed by atoms with Gasteiger partial charge in [0.25, 0.3) is 0 Å². The largest absolute Gasteiger partial charge is 0.455 e. The Balaban J connectivity index is 1.10. The molecule has 0 saturated heterocycles. The Morgan fingerprint density at radius 2 is 0.676 bits per heavy atom. The van der Waals surface area contributed by atoms with Gasteiger partial charge in [0.15, 0.2) is 0 Å². The molecule has 0 bridgehead atoms. The second-order valence-corrected chi connectivity index (χ2v) is 19.7. The van der Waals surface area contributed by atoms with Crippen LogP contribution in [0.5, 0.6) is 0 Å². The number of para-hydroxylation sites is 2. The van der Waals surface area contributed by atoms with Crippen LogP contribution in [0.3, 0.4) is 0 Å². The number of rotatable bonds is 4. The first-order valence-electron chi connectivity index (χ1n) is 24.6. The number of hydrogen-bond donors (Lipinski definition) is 0. The molecule has 2 heterocycles. The molecule has 2 aromatic heterocycles. The summed E-state index contributed by atoms with van der Waals surface area (Å²) in [6.07, 6.45) is 0. The van der Waals surface area contributed by atoms with E-state index in [4.69, 9.17) is 8.83 Å². The smallest absolute Gasteiger partial charge is 0.144 e. The van der Waals surface area contributed by atoms with E-state index in [1.165, 1.54) is 92.5 Å². The van der Waals surface area contributed by atoms with Crippen LogP contribution in [0, 0.1) is 0 Å². The molecule has 0 unspecified atom stereocenters. The van der Waals surface area contributed by atoms with E-state index in [0.29, 0.717) is 0 Å². The van der Waals surface area contributed by atoms with Crippen LogP contribution in [0.25, 0.3) is 142 Å². The fourth-order valence-electron chi connectivity index (χ4n) is 13.6. The van der Waals surface area contributed by atoms with Crippen molar-refractivity contribution in [2.75, 3.05) is 0 Å². The lowest BCUT2D eigenvalue weighted by molar-refractivity contribution is 0.669. The van der Waals surface area contributed by atoms with Crippen LogP contribution in [0.4, 0.5) is 0 Å². The van der Waals surface area contributed by atoms with Gasteiger partial charge in [-0.05, 0) is 128 Å². The van der Waals surface area contributed by atoms with E-state index in [0.717, 1.165) is 71.7 Å². The topological polar surface area (TPSA) is 26.3 Å². The minimum absolute atomic E-state index is 0.788. The van der Waals surface area contributed by atoms with Gasteiger partial charge >= 0.3 is 0 Å². The maximum atomic E-state index is 7.45. The van der Waals surface area contributed by atoms with E-state index < -0.39 is 5.41 Å². The molecule has 326 valence electrons. The van der Waals surface area contributed by atoms with Gasteiger partial charge in [-0.25, -0.2) is 0 Å². The van der Waals surface area contributed by atoms with Crippen LogP contribution in [0.2, 0.25) is 0 Å². The molecule has 0 radical (unpaired) electrons. The van der Waals surface area contributed by atoms with Crippen LogP contribution in [-0.4, -0.2) is 0 Å². The average Bonchev–Trinajstić information content (AvgIpc) is 4.12. The van der Waals surface area contributed by atoms with E-state index in [-0.39, 0.29) is 0 Å². The molecule has 1 aliphatic carbocycles. The Morgan fingerprint density at radius 1 is 0.254 bits per heavy atom. The van der Waals surface area contributed by atoms with Crippen molar-refractivity contribution in [3.63, 3.8) is 0 Å². The summed E-state index contributed by atoms with van der Waals surface area (Å²) in [5.74, 6) is 0. The maximum Gasteiger partial charge on any atom is 0.144 e. The number of fused-ring (bicyclic) bond motifs is 11. The Kier molecular flexibility index (Phi) is 7.17. The standard InChI is InChI=1S/C69H38O2/c1-3-17-45(18-4-1)69(46-19-5-2-6-20-46)55-38-54(48-34-30-44-28-26-40-14-12-16-42-32-36-50(48)62(44)60(40)42)67-64(52-22-8-10-24-58(52)70-67)65(55)66-56(69)37-53(63-51-21-7-9-23-57(51)71-68(63)66)47-33-29-43-27-25-39-13-11-15-41-31-35-49(47)61(43)59(39)41/h1-38H. The molecule has 0 saturated carbocycles. The van der Waals surface area contributed by atoms with Crippen molar-refractivity contribution in [2.45, 2.75) is 5.41 Å². The highest BCUT2D eigenvalue weighted by Gasteiger charge is 2.50. The first-order valence-corrected chi connectivity index (χ1v) is 24.6. The van der Waals surface area contributed by atoms with Gasteiger partial charge in [-0.15, -0.1) is 0 Å². The Labute approximate surface area is 406 Å². The van der Waals surface area contributed by atoms with Gasteiger partial charge in [-0.1, -0.05) is 206 Å². The van der Waals surface area contributed by atoms with Gasteiger partial charge in [0.2, 0.25) is 0 Å². The minimum Gasteiger partial charge on any atom is -0.455 e. The average molecular weight is 899 g/mol. The van der Waals surface area contributed by atoms with Crippen molar-refractivity contribution in [3.05, 3.63) is 253 Å². The molecule has 0 fully saturated rings. The molecule has 0 aliphatic heterocycles. The van der Waals surface area contributed by atoms with E-state index in [2.05, 4.69) is 231 Å². The van der Waals surface area contributed by atoms with Gasteiger partial charge < -0.3 is 8.83 Å². The summed E-state index contributed by atoms with van der Waals surface area (Å²) >= 11 is 0. The summed E-state index contributed by atoms with van der Waals surface area (Å²) < 4.78 is 14.7. The molecule has 0 N–H and O–H groups in total. The molecule has 14 aromatic carbocycles. The van der Waals surface area contributed by atoms with Crippen LogP contribution in [0.15, 0.2) is 239 Å². The van der Waals surface area contributed by atoms with Crippen LogP contribution < -0.4 is 0 Å². The van der Waals surface area contributed by atoms with Crippen molar-refractivity contribution in [1.82, 2.24) is 0 Å². The maximum absolute atomic E-state index is 7.45. The van der Waals surface area contributed by atoms with Gasteiger partial charge in [0.1, 0.15) is 22.3 Å².